The van der Waals surface area contributed by atoms with Gasteiger partial charge in [-0.05, 0) is 61.4 Å². The molecule has 1 aliphatic heterocycles. The third-order valence-corrected chi connectivity index (χ3v) is 4.64. The zero-order valence-corrected chi connectivity index (χ0v) is 16.2. The molecule has 0 atom stereocenters. The Morgan fingerprint density at radius 1 is 0.800 bits per heavy atom. The molecule has 1 fully saturated rings. The number of halogens is 3. The van der Waals surface area contributed by atoms with E-state index in [2.05, 4.69) is 15.4 Å². The molecule has 9 heteroatoms. The number of nitrogens with one attached hydrogen (secondary N) is 2. The second-order valence-corrected chi connectivity index (χ2v) is 6.94. The van der Waals surface area contributed by atoms with Crippen molar-refractivity contribution in [1.29, 1.82) is 0 Å². The fraction of sp³-hybridized carbons (Fsp3) is 0.333. The molecule has 0 spiro atoms. The van der Waals surface area contributed by atoms with Crippen LogP contribution in [-0.4, -0.2) is 36.3 Å². The molecule has 2 aromatic carbocycles. The maximum absolute atomic E-state index is 12.3. The van der Waals surface area contributed by atoms with Crippen molar-refractivity contribution < 1.29 is 27.5 Å². The standard InChI is InChI=1S/C21H22F3N3O3/c22-21(23,24)30-18-11-5-15(6-12-18)19(28)25-16-7-9-17(10-8-16)26-20(29)27-13-3-1-2-4-14-27/h5-12H,1-4,13-14H2,(H,25,28)(H,26,29). The molecule has 1 saturated heterocycles. The minimum absolute atomic E-state index is 0.144. The maximum Gasteiger partial charge on any atom is 0.573 e. The van der Waals surface area contributed by atoms with Crippen LogP contribution in [0, 0.1) is 0 Å². The Hall–Kier alpha value is -3.23. The van der Waals surface area contributed by atoms with Crippen LogP contribution < -0.4 is 15.4 Å². The number of urea groups is 1. The third-order valence-electron chi connectivity index (χ3n) is 4.64. The number of hydrogen-bond acceptors (Lipinski definition) is 3. The van der Waals surface area contributed by atoms with Gasteiger partial charge in [-0.15, -0.1) is 13.2 Å². The van der Waals surface area contributed by atoms with E-state index >= 15 is 0 Å². The second kappa shape index (κ2) is 9.51. The minimum Gasteiger partial charge on any atom is -0.406 e. The molecule has 2 aromatic rings. The van der Waals surface area contributed by atoms with Gasteiger partial charge in [0.15, 0.2) is 0 Å². The summed E-state index contributed by atoms with van der Waals surface area (Å²) in [6, 6.07) is 11.1. The average molecular weight is 421 g/mol. The number of nitrogens with zero attached hydrogens (tertiary/aromatic N) is 1. The molecule has 0 unspecified atom stereocenters. The van der Waals surface area contributed by atoms with Gasteiger partial charge in [0.25, 0.3) is 5.91 Å². The molecule has 0 bridgehead atoms. The highest BCUT2D eigenvalue weighted by molar-refractivity contribution is 6.04. The SMILES string of the molecule is O=C(Nc1ccc(NC(=O)N2CCCCCC2)cc1)c1ccc(OC(F)(F)F)cc1. The highest BCUT2D eigenvalue weighted by Crippen LogP contribution is 2.23. The van der Waals surface area contributed by atoms with Gasteiger partial charge in [0.1, 0.15) is 5.75 Å². The number of likely N-dealkylation sites (tertiary alicyclic amines) is 1. The van der Waals surface area contributed by atoms with Gasteiger partial charge < -0.3 is 20.3 Å². The smallest absolute Gasteiger partial charge is 0.406 e. The van der Waals surface area contributed by atoms with Crippen LogP contribution in [0.2, 0.25) is 0 Å². The summed E-state index contributed by atoms with van der Waals surface area (Å²) in [7, 11) is 0. The van der Waals surface area contributed by atoms with Crippen molar-refractivity contribution >= 4 is 23.3 Å². The molecule has 3 amide bonds. The van der Waals surface area contributed by atoms with Crippen LogP contribution in [0.1, 0.15) is 36.0 Å². The van der Waals surface area contributed by atoms with Crippen molar-refractivity contribution in [2.45, 2.75) is 32.0 Å². The highest BCUT2D eigenvalue weighted by Gasteiger charge is 2.31. The van der Waals surface area contributed by atoms with Gasteiger partial charge in [0, 0.05) is 30.0 Å². The fourth-order valence-electron chi connectivity index (χ4n) is 3.12. The second-order valence-electron chi connectivity index (χ2n) is 6.94. The summed E-state index contributed by atoms with van der Waals surface area (Å²) in [5.74, 6) is -0.876. The third kappa shape index (κ3) is 6.40. The van der Waals surface area contributed by atoms with Crippen LogP contribution in [0.25, 0.3) is 0 Å². The molecule has 1 heterocycles. The molecule has 30 heavy (non-hydrogen) atoms. The number of rotatable bonds is 4. The molecular formula is C21H22F3N3O3. The number of ether oxygens (including phenoxy) is 1. The van der Waals surface area contributed by atoms with E-state index in [0.29, 0.717) is 11.4 Å². The summed E-state index contributed by atoms with van der Waals surface area (Å²) in [6.45, 7) is 1.49. The lowest BCUT2D eigenvalue weighted by atomic mass is 10.2. The lowest BCUT2D eigenvalue weighted by Gasteiger charge is -2.20. The number of alkyl halides is 3. The van der Waals surface area contributed by atoms with Crippen LogP contribution in [0.3, 0.4) is 0 Å². The number of benzene rings is 2. The van der Waals surface area contributed by atoms with Crippen molar-refractivity contribution in [2.75, 3.05) is 23.7 Å². The normalized spacial score (nSPS) is 14.6. The molecule has 6 nitrogen and oxygen atoms in total. The molecule has 0 saturated carbocycles. The summed E-state index contributed by atoms with van der Waals surface area (Å²) < 4.78 is 40.4. The van der Waals surface area contributed by atoms with E-state index in [1.807, 2.05) is 0 Å². The van der Waals surface area contributed by atoms with Crippen LogP contribution in [-0.2, 0) is 0 Å². The van der Waals surface area contributed by atoms with E-state index in [-0.39, 0.29) is 11.6 Å². The Balaban J connectivity index is 1.54. The Morgan fingerprint density at radius 3 is 1.87 bits per heavy atom. The lowest BCUT2D eigenvalue weighted by Crippen LogP contribution is -2.35. The quantitative estimate of drug-likeness (QED) is 0.709. The highest BCUT2D eigenvalue weighted by atomic mass is 19.4. The topological polar surface area (TPSA) is 70.7 Å². The van der Waals surface area contributed by atoms with E-state index < -0.39 is 18.0 Å². The zero-order valence-electron chi connectivity index (χ0n) is 16.2. The van der Waals surface area contributed by atoms with E-state index in [1.165, 1.54) is 12.1 Å². The summed E-state index contributed by atoms with van der Waals surface area (Å²) in [5.41, 5.74) is 1.28. The van der Waals surface area contributed by atoms with Crippen LogP contribution in [0.15, 0.2) is 48.5 Å². The molecule has 2 N–H and O–H groups in total. The van der Waals surface area contributed by atoms with Gasteiger partial charge in [-0.25, -0.2) is 4.79 Å². The first-order valence-corrected chi connectivity index (χ1v) is 9.63. The van der Waals surface area contributed by atoms with Gasteiger partial charge >= 0.3 is 12.4 Å². The van der Waals surface area contributed by atoms with Gasteiger partial charge in [-0.1, -0.05) is 12.8 Å². The largest absolute Gasteiger partial charge is 0.573 e. The molecule has 160 valence electrons. The van der Waals surface area contributed by atoms with Crippen LogP contribution in [0.4, 0.5) is 29.3 Å². The Morgan fingerprint density at radius 2 is 1.33 bits per heavy atom. The summed E-state index contributed by atoms with van der Waals surface area (Å²) in [4.78, 5) is 26.4. The Labute approximate surface area is 172 Å². The van der Waals surface area contributed by atoms with E-state index in [9.17, 15) is 22.8 Å². The fourth-order valence-corrected chi connectivity index (χ4v) is 3.12. The molecule has 0 aromatic heterocycles. The van der Waals surface area contributed by atoms with Crippen LogP contribution in [0.5, 0.6) is 5.75 Å². The van der Waals surface area contributed by atoms with Crippen molar-refractivity contribution in [3.05, 3.63) is 54.1 Å². The number of hydrogen-bond donors (Lipinski definition) is 2. The maximum atomic E-state index is 12.3. The predicted molar refractivity (Wildman–Crippen MR) is 107 cm³/mol. The Kier molecular flexibility index (Phi) is 6.81. The van der Waals surface area contributed by atoms with E-state index in [4.69, 9.17) is 0 Å². The zero-order chi connectivity index (χ0) is 21.6. The molecule has 0 aliphatic carbocycles. The number of anilines is 2. The first kappa shape index (κ1) is 21.5. The van der Waals surface area contributed by atoms with Crippen molar-refractivity contribution in [1.82, 2.24) is 4.90 Å². The molecule has 0 radical (unpaired) electrons. The summed E-state index contributed by atoms with van der Waals surface area (Å²) in [5, 5.41) is 5.50. The molecule has 3 rings (SSSR count). The molecular weight excluding hydrogens is 399 g/mol. The monoisotopic (exact) mass is 421 g/mol. The van der Waals surface area contributed by atoms with Crippen molar-refractivity contribution in [3.63, 3.8) is 0 Å². The lowest BCUT2D eigenvalue weighted by molar-refractivity contribution is -0.274. The number of carbonyl (C=O) groups excluding carboxylic acids is 2. The Bertz CT molecular complexity index is 860. The number of amides is 3. The van der Waals surface area contributed by atoms with Gasteiger partial charge in [0.2, 0.25) is 0 Å². The summed E-state index contributed by atoms with van der Waals surface area (Å²) in [6.07, 6.45) is -0.510. The van der Waals surface area contributed by atoms with Gasteiger partial charge in [0.05, 0.1) is 0 Å². The first-order valence-electron chi connectivity index (χ1n) is 9.63. The first-order chi connectivity index (χ1) is 14.3. The van der Waals surface area contributed by atoms with E-state index in [1.54, 1.807) is 29.2 Å². The van der Waals surface area contributed by atoms with E-state index in [0.717, 1.165) is 50.9 Å². The average Bonchev–Trinajstić information content (AvgIpc) is 2.98. The summed E-state index contributed by atoms with van der Waals surface area (Å²) >= 11 is 0. The van der Waals surface area contributed by atoms with Crippen molar-refractivity contribution in [2.24, 2.45) is 0 Å². The molecule has 1 aliphatic rings. The minimum atomic E-state index is -4.78. The predicted octanol–water partition coefficient (Wildman–Crippen LogP) is 5.25. The van der Waals surface area contributed by atoms with Crippen molar-refractivity contribution in [3.8, 4) is 5.75 Å². The van der Waals surface area contributed by atoms with Gasteiger partial charge in [-0.2, -0.15) is 0 Å². The van der Waals surface area contributed by atoms with Crippen LogP contribution >= 0.6 is 0 Å². The number of carbonyl (C=O) groups is 2. The van der Waals surface area contributed by atoms with Gasteiger partial charge in [-0.3, -0.25) is 4.79 Å².